The van der Waals surface area contributed by atoms with Crippen molar-refractivity contribution < 1.29 is 4.39 Å². The second-order valence-electron chi connectivity index (χ2n) is 4.42. The molecule has 2 atom stereocenters. The Morgan fingerprint density at radius 2 is 2.24 bits per heavy atom. The highest BCUT2D eigenvalue weighted by atomic mass is 19.1. The zero-order chi connectivity index (χ0) is 12.4. The van der Waals surface area contributed by atoms with Crippen LogP contribution in [0.5, 0.6) is 0 Å². The first-order valence-electron chi connectivity index (χ1n) is 5.85. The quantitative estimate of drug-likeness (QED) is 0.888. The minimum absolute atomic E-state index is 0.356. The number of rotatable bonds is 4. The predicted molar refractivity (Wildman–Crippen MR) is 65.3 cm³/mol. The van der Waals surface area contributed by atoms with E-state index in [9.17, 15) is 4.39 Å². The first-order valence-corrected chi connectivity index (χ1v) is 5.85. The van der Waals surface area contributed by atoms with Crippen LogP contribution < -0.4 is 5.73 Å². The van der Waals surface area contributed by atoms with Gasteiger partial charge in [0.15, 0.2) is 5.82 Å². The molecule has 0 saturated heterocycles. The largest absolute Gasteiger partial charge is 0.382 e. The molecule has 0 fully saturated rings. The van der Waals surface area contributed by atoms with E-state index in [-0.39, 0.29) is 0 Å². The fourth-order valence-electron chi connectivity index (χ4n) is 1.85. The lowest BCUT2D eigenvalue weighted by Gasteiger charge is -2.12. The van der Waals surface area contributed by atoms with Crippen LogP contribution in [-0.2, 0) is 0 Å². The maximum atomic E-state index is 14.1. The fourth-order valence-corrected chi connectivity index (χ4v) is 1.85. The van der Waals surface area contributed by atoms with E-state index in [4.69, 9.17) is 5.73 Å². The van der Waals surface area contributed by atoms with Crippen LogP contribution in [0, 0.1) is 5.92 Å². The van der Waals surface area contributed by atoms with E-state index < -0.39 is 6.17 Å². The van der Waals surface area contributed by atoms with Gasteiger partial charge < -0.3 is 5.73 Å². The van der Waals surface area contributed by atoms with E-state index in [1.54, 1.807) is 12.1 Å². The molecule has 5 heteroatoms. The van der Waals surface area contributed by atoms with Crippen LogP contribution in [0.1, 0.15) is 38.6 Å². The number of hydrogen-bond donors (Lipinski definition) is 1. The van der Waals surface area contributed by atoms with Crippen molar-refractivity contribution in [2.75, 3.05) is 5.73 Å². The molecule has 2 rings (SSSR count). The van der Waals surface area contributed by atoms with Crippen molar-refractivity contribution in [2.24, 2.45) is 5.92 Å². The van der Waals surface area contributed by atoms with E-state index in [1.165, 1.54) is 10.8 Å². The highest BCUT2D eigenvalue weighted by Crippen LogP contribution is 2.28. The molecule has 0 spiro atoms. The van der Waals surface area contributed by atoms with E-state index in [0.29, 0.717) is 29.4 Å². The van der Waals surface area contributed by atoms with E-state index in [0.717, 1.165) is 6.42 Å². The SMILES string of the molecule is CCC(C)CC(F)c1ccc2c(N)ncnn12. The third-order valence-corrected chi connectivity index (χ3v) is 3.14. The highest BCUT2D eigenvalue weighted by Gasteiger charge is 2.18. The average molecular weight is 236 g/mol. The van der Waals surface area contributed by atoms with Gasteiger partial charge in [0.1, 0.15) is 18.0 Å². The molecule has 2 heterocycles. The van der Waals surface area contributed by atoms with Gasteiger partial charge in [0.2, 0.25) is 0 Å². The Labute approximate surface area is 99.7 Å². The summed E-state index contributed by atoms with van der Waals surface area (Å²) in [5.74, 6) is 0.733. The molecule has 0 radical (unpaired) electrons. The Kier molecular flexibility index (Phi) is 3.26. The van der Waals surface area contributed by atoms with Gasteiger partial charge >= 0.3 is 0 Å². The number of halogens is 1. The third kappa shape index (κ3) is 2.23. The Balaban J connectivity index is 2.33. The van der Waals surface area contributed by atoms with Gasteiger partial charge in [-0.15, -0.1) is 0 Å². The molecule has 0 aliphatic heterocycles. The van der Waals surface area contributed by atoms with Crippen molar-refractivity contribution >= 4 is 11.3 Å². The number of hydrogen-bond acceptors (Lipinski definition) is 3. The summed E-state index contributed by atoms with van der Waals surface area (Å²) in [6.07, 6.45) is 1.82. The lowest BCUT2D eigenvalue weighted by atomic mass is 10.0. The maximum absolute atomic E-state index is 14.1. The molecule has 2 aromatic heterocycles. The molecule has 0 saturated carbocycles. The van der Waals surface area contributed by atoms with Gasteiger partial charge in [0.05, 0.1) is 5.69 Å². The van der Waals surface area contributed by atoms with Gasteiger partial charge in [-0.3, -0.25) is 0 Å². The zero-order valence-electron chi connectivity index (χ0n) is 10.1. The standard InChI is InChI=1S/C12H17FN4/c1-3-8(2)6-9(13)10-4-5-11-12(14)15-7-16-17(10)11/h4-5,7-9H,3,6H2,1-2H3,(H2,14,15,16). The number of alkyl halides is 1. The van der Waals surface area contributed by atoms with E-state index in [2.05, 4.69) is 17.0 Å². The van der Waals surface area contributed by atoms with Gasteiger partial charge in [-0.05, 0) is 24.5 Å². The van der Waals surface area contributed by atoms with Gasteiger partial charge in [0, 0.05) is 0 Å². The topological polar surface area (TPSA) is 56.2 Å². The number of nitrogens with two attached hydrogens (primary N) is 1. The zero-order valence-corrected chi connectivity index (χ0v) is 10.1. The second-order valence-corrected chi connectivity index (χ2v) is 4.42. The molecular formula is C12H17FN4. The van der Waals surface area contributed by atoms with Crippen molar-refractivity contribution in [2.45, 2.75) is 32.9 Å². The Bertz CT molecular complexity index is 508. The Morgan fingerprint density at radius 1 is 1.47 bits per heavy atom. The summed E-state index contributed by atoms with van der Waals surface area (Å²) in [6.45, 7) is 4.11. The third-order valence-electron chi connectivity index (χ3n) is 3.14. The summed E-state index contributed by atoms with van der Waals surface area (Å²) in [4.78, 5) is 3.88. The lowest BCUT2D eigenvalue weighted by Crippen LogP contribution is -2.06. The maximum Gasteiger partial charge on any atom is 0.151 e. The molecule has 0 aromatic carbocycles. The van der Waals surface area contributed by atoms with Crippen LogP contribution in [-0.4, -0.2) is 14.6 Å². The molecular weight excluding hydrogens is 219 g/mol. The predicted octanol–water partition coefficient (Wildman–Crippen LogP) is 2.76. The van der Waals surface area contributed by atoms with Gasteiger partial charge in [-0.2, -0.15) is 5.10 Å². The molecule has 0 aliphatic carbocycles. The normalized spacial score (nSPS) is 15.0. The van der Waals surface area contributed by atoms with Gasteiger partial charge in [-0.25, -0.2) is 13.9 Å². The number of nitrogen functional groups attached to an aromatic ring is 1. The van der Waals surface area contributed by atoms with Crippen LogP contribution in [0.2, 0.25) is 0 Å². The summed E-state index contributed by atoms with van der Waals surface area (Å²) >= 11 is 0. The van der Waals surface area contributed by atoms with Crippen LogP contribution >= 0.6 is 0 Å². The minimum atomic E-state index is -1.01. The van der Waals surface area contributed by atoms with Crippen molar-refractivity contribution in [3.05, 3.63) is 24.2 Å². The fraction of sp³-hybridized carbons (Fsp3) is 0.500. The molecule has 0 amide bonds. The molecule has 2 unspecified atom stereocenters. The van der Waals surface area contributed by atoms with Crippen molar-refractivity contribution in [1.82, 2.24) is 14.6 Å². The van der Waals surface area contributed by atoms with Crippen molar-refractivity contribution in [1.29, 1.82) is 0 Å². The molecule has 17 heavy (non-hydrogen) atoms. The minimum Gasteiger partial charge on any atom is -0.382 e. The number of aromatic nitrogens is 3. The number of anilines is 1. The van der Waals surface area contributed by atoms with Crippen LogP contribution in [0.4, 0.5) is 10.2 Å². The van der Waals surface area contributed by atoms with Crippen molar-refractivity contribution in [3.8, 4) is 0 Å². The van der Waals surface area contributed by atoms with Crippen LogP contribution in [0.25, 0.3) is 5.52 Å². The summed E-state index contributed by atoms with van der Waals surface area (Å²) in [6, 6.07) is 3.49. The monoisotopic (exact) mass is 236 g/mol. The molecule has 2 aromatic rings. The summed E-state index contributed by atoms with van der Waals surface area (Å²) in [7, 11) is 0. The van der Waals surface area contributed by atoms with Gasteiger partial charge in [-0.1, -0.05) is 20.3 Å². The van der Waals surface area contributed by atoms with E-state index in [1.807, 2.05) is 6.92 Å². The van der Waals surface area contributed by atoms with Gasteiger partial charge in [0.25, 0.3) is 0 Å². The Morgan fingerprint density at radius 3 is 2.94 bits per heavy atom. The second kappa shape index (κ2) is 4.69. The van der Waals surface area contributed by atoms with Crippen LogP contribution in [0.15, 0.2) is 18.5 Å². The summed E-state index contributed by atoms with van der Waals surface area (Å²) in [5.41, 5.74) is 6.91. The molecule has 4 nitrogen and oxygen atoms in total. The molecule has 92 valence electrons. The van der Waals surface area contributed by atoms with Crippen molar-refractivity contribution in [3.63, 3.8) is 0 Å². The molecule has 0 aliphatic rings. The molecule has 0 bridgehead atoms. The highest BCUT2D eigenvalue weighted by molar-refractivity contribution is 5.65. The number of fused-ring (bicyclic) bond motifs is 1. The first kappa shape index (κ1) is 11.8. The molecule has 2 N–H and O–H groups in total. The van der Waals surface area contributed by atoms with E-state index >= 15 is 0 Å². The first-order chi connectivity index (χ1) is 8.13. The smallest absolute Gasteiger partial charge is 0.151 e. The summed E-state index contributed by atoms with van der Waals surface area (Å²) in [5, 5.41) is 4.04. The summed E-state index contributed by atoms with van der Waals surface area (Å²) < 4.78 is 15.7. The number of nitrogens with zero attached hydrogens (tertiary/aromatic N) is 3. The van der Waals surface area contributed by atoms with Crippen LogP contribution in [0.3, 0.4) is 0 Å². The lowest BCUT2D eigenvalue weighted by molar-refractivity contribution is 0.269. The Hall–Kier alpha value is -1.65. The average Bonchev–Trinajstić information content (AvgIpc) is 2.74.